The van der Waals surface area contributed by atoms with Crippen LogP contribution in [-0.4, -0.2) is 5.78 Å². The number of thiophene rings is 1. The SMILES string of the molecule is Cc1sc(NC2=CC(=O)CCC2)c(C#N)c1C. The second kappa shape index (κ2) is 4.72. The first-order valence-corrected chi connectivity index (χ1v) is 6.44. The minimum absolute atomic E-state index is 0.169. The van der Waals surface area contributed by atoms with Gasteiger partial charge in [0.15, 0.2) is 5.78 Å². The van der Waals surface area contributed by atoms with Crippen molar-refractivity contribution in [3.05, 3.63) is 27.8 Å². The summed E-state index contributed by atoms with van der Waals surface area (Å²) in [7, 11) is 0. The number of rotatable bonds is 2. The van der Waals surface area contributed by atoms with Crippen LogP contribution >= 0.6 is 11.3 Å². The molecule has 3 nitrogen and oxygen atoms in total. The lowest BCUT2D eigenvalue weighted by Crippen LogP contribution is -2.09. The highest BCUT2D eigenvalue weighted by Gasteiger charge is 2.15. The molecular weight excluding hydrogens is 232 g/mol. The third kappa shape index (κ3) is 2.40. The Bertz CT molecular complexity index is 534. The number of allylic oxidation sites excluding steroid dienone is 2. The summed E-state index contributed by atoms with van der Waals surface area (Å²) in [5.41, 5.74) is 2.66. The molecule has 1 aromatic heterocycles. The van der Waals surface area contributed by atoms with E-state index in [0.717, 1.165) is 34.0 Å². The summed E-state index contributed by atoms with van der Waals surface area (Å²) >= 11 is 1.57. The number of carbonyl (C=O) groups is 1. The van der Waals surface area contributed by atoms with Gasteiger partial charge in [0.25, 0.3) is 0 Å². The number of hydrogen-bond donors (Lipinski definition) is 1. The smallest absolute Gasteiger partial charge is 0.157 e. The maximum Gasteiger partial charge on any atom is 0.157 e. The molecule has 1 heterocycles. The second-order valence-corrected chi connectivity index (χ2v) is 5.44. The van der Waals surface area contributed by atoms with Crippen molar-refractivity contribution in [2.75, 3.05) is 5.32 Å². The highest BCUT2D eigenvalue weighted by atomic mass is 32.1. The molecule has 88 valence electrons. The summed E-state index contributed by atoms with van der Waals surface area (Å²) in [5.74, 6) is 0.169. The number of nitrogens with zero attached hydrogens (tertiary/aromatic N) is 1. The zero-order chi connectivity index (χ0) is 12.4. The van der Waals surface area contributed by atoms with Crippen molar-refractivity contribution in [2.45, 2.75) is 33.1 Å². The fourth-order valence-electron chi connectivity index (χ4n) is 1.89. The molecule has 1 aliphatic rings. The van der Waals surface area contributed by atoms with Crippen LogP contribution in [0, 0.1) is 25.2 Å². The molecule has 0 spiro atoms. The minimum Gasteiger partial charge on any atom is -0.349 e. The van der Waals surface area contributed by atoms with E-state index in [1.165, 1.54) is 0 Å². The highest BCUT2D eigenvalue weighted by molar-refractivity contribution is 7.16. The summed E-state index contributed by atoms with van der Waals surface area (Å²) in [6.45, 7) is 3.96. The van der Waals surface area contributed by atoms with Crippen LogP contribution in [-0.2, 0) is 4.79 Å². The van der Waals surface area contributed by atoms with Crippen LogP contribution < -0.4 is 5.32 Å². The Morgan fingerprint density at radius 1 is 1.41 bits per heavy atom. The molecule has 0 bridgehead atoms. The van der Waals surface area contributed by atoms with Gasteiger partial charge >= 0.3 is 0 Å². The van der Waals surface area contributed by atoms with Gasteiger partial charge in [-0.1, -0.05) is 0 Å². The molecule has 0 amide bonds. The lowest BCUT2D eigenvalue weighted by molar-refractivity contribution is -0.115. The van der Waals surface area contributed by atoms with E-state index in [9.17, 15) is 4.79 Å². The van der Waals surface area contributed by atoms with Gasteiger partial charge in [0.2, 0.25) is 0 Å². The molecule has 2 rings (SSSR count). The van der Waals surface area contributed by atoms with Crippen molar-refractivity contribution in [1.29, 1.82) is 5.26 Å². The average molecular weight is 246 g/mol. The quantitative estimate of drug-likeness (QED) is 0.871. The molecular formula is C13H14N2OS. The summed E-state index contributed by atoms with van der Waals surface area (Å²) in [6, 6.07) is 2.22. The normalized spacial score (nSPS) is 15.4. The lowest BCUT2D eigenvalue weighted by Gasteiger charge is -2.13. The van der Waals surface area contributed by atoms with Gasteiger partial charge < -0.3 is 5.32 Å². The molecule has 0 radical (unpaired) electrons. The van der Waals surface area contributed by atoms with E-state index < -0.39 is 0 Å². The summed E-state index contributed by atoms with van der Waals surface area (Å²) in [4.78, 5) is 12.5. The molecule has 0 aromatic carbocycles. The Kier molecular flexibility index (Phi) is 3.30. The van der Waals surface area contributed by atoms with E-state index in [0.29, 0.717) is 12.0 Å². The maximum atomic E-state index is 11.3. The standard InChI is InChI=1S/C13H14N2OS/c1-8-9(2)17-13(12(8)7-14)15-10-4-3-5-11(16)6-10/h6,15H,3-5H2,1-2H3. The number of carbonyl (C=O) groups excluding carboxylic acids is 1. The molecule has 1 aliphatic carbocycles. The third-order valence-electron chi connectivity index (χ3n) is 2.98. The number of nitriles is 1. The van der Waals surface area contributed by atoms with Crippen molar-refractivity contribution < 1.29 is 4.79 Å². The fraction of sp³-hybridized carbons (Fsp3) is 0.385. The number of hydrogen-bond acceptors (Lipinski definition) is 4. The van der Waals surface area contributed by atoms with Gasteiger partial charge in [0.1, 0.15) is 11.1 Å². The Morgan fingerprint density at radius 3 is 2.82 bits per heavy atom. The van der Waals surface area contributed by atoms with Crippen molar-refractivity contribution in [1.82, 2.24) is 0 Å². The Balaban J connectivity index is 2.28. The van der Waals surface area contributed by atoms with Gasteiger partial charge in [-0.2, -0.15) is 5.26 Å². The van der Waals surface area contributed by atoms with Gasteiger partial charge in [0, 0.05) is 23.1 Å². The third-order valence-corrected chi connectivity index (χ3v) is 4.10. The van der Waals surface area contributed by atoms with Gasteiger partial charge in [-0.15, -0.1) is 11.3 Å². The topological polar surface area (TPSA) is 52.9 Å². The number of anilines is 1. The first-order chi connectivity index (χ1) is 8.11. The van der Waals surface area contributed by atoms with Crippen LogP contribution in [0.4, 0.5) is 5.00 Å². The van der Waals surface area contributed by atoms with E-state index in [1.54, 1.807) is 17.4 Å². The summed E-state index contributed by atoms with van der Waals surface area (Å²) < 4.78 is 0. The van der Waals surface area contributed by atoms with E-state index >= 15 is 0 Å². The second-order valence-electron chi connectivity index (χ2n) is 4.21. The zero-order valence-corrected chi connectivity index (χ0v) is 10.8. The predicted molar refractivity (Wildman–Crippen MR) is 69.1 cm³/mol. The summed E-state index contributed by atoms with van der Waals surface area (Å²) in [5, 5.41) is 13.2. The molecule has 0 saturated heterocycles. The van der Waals surface area contributed by atoms with Crippen LogP contribution in [0.25, 0.3) is 0 Å². The molecule has 1 aromatic rings. The minimum atomic E-state index is 0.169. The summed E-state index contributed by atoms with van der Waals surface area (Å²) in [6.07, 6.45) is 4.07. The van der Waals surface area contributed by atoms with Gasteiger partial charge in [-0.3, -0.25) is 4.79 Å². The van der Waals surface area contributed by atoms with Crippen LogP contribution in [0.3, 0.4) is 0 Å². The van der Waals surface area contributed by atoms with Gasteiger partial charge in [-0.05, 0) is 32.3 Å². The Hall–Kier alpha value is -1.60. The van der Waals surface area contributed by atoms with E-state index in [-0.39, 0.29) is 5.78 Å². The van der Waals surface area contributed by atoms with E-state index in [2.05, 4.69) is 11.4 Å². The Labute approximate surface area is 105 Å². The first kappa shape index (κ1) is 11.9. The predicted octanol–water partition coefficient (Wildman–Crippen LogP) is 3.29. The highest BCUT2D eigenvalue weighted by Crippen LogP contribution is 2.33. The number of aryl methyl sites for hydroxylation is 1. The largest absolute Gasteiger partial charge is 0.349 e. The van der Waals surface area contributed by atoms with Crippen molar-refractivity contribution >= 4 is 22.1 Å². The van der Waals surface area contributed by atoms with Gasteiger partial charge in [0.05, 0.1) is 5.56 Å². The van der Waals surface area contributed by atoms with Crippen LogP contribution in [0.15, 0.2) is 11.8 Å². The molecule has 0 aliphatic heterocycles. The number of ketones is 1. The number of nitrogens with one attached hydrogen (secondary N) is 1. The Morgan fingerprint density at radius 2 is 2.18 bits per heavy atom. The van der Waals surface area contributed by atoms with Crippen molar-refractivity contribution in [3.63, 3.8) is 0 Å². The van der Waals surface area contributed by atoms with Gasteiger partial charge in [-0.25, -0.2) is 0 Å². The fourth-order valence-corrected chi connectivity index (χ4v) is 2.93. The van der Waals surface area contributed by atoms with Crippen LogP contribution in [0.2, 0.25) is 0 Å². The molecule has 4 heteroatoms. The maximum absolute atomic E-state index is 11.3. The first-order valence-electron chi connectivity index (χ1n) is 5.62. The molecule has 0 saturated carbocycles. The van der Waals surface area contributed by atoms with Crippen LogP contribution in [0.5, 0.6) is 0 Å². The molecule has 0 fully saturated rings. The lowest BCUT2D eigenvalue weighted by atomic mass is 10.0. The monoisotopic (exact) mass is 246 g/mol. The van der Waals surface area contributed by atoms with Crippen molar-refractivity contribution in [3.8, 4) is 6.07 Å². The van der Waals surface area contributed by atoms with Crippen molar-refractivity contribution in [2.24, 2.45) is 0 Å². The average Bonchev–Trinajstić information content (AvgIpc) is 2.54. The van der Waals surface area contributed by atoms with E-state index in [4.69, 9.17) is 5.26 Å². The van der Waals surface area contributed by atoms with E-state index in [1.807, 2.05) is 13.8 Å². The van der Waals surface area contributed by atoms with Crippen LogP contribution in [0.1, 0.15) is 35.3 Å². The molecule has 1 N–H and O–H groups in total. The molecule has 0 unspecified atom stereocenters. The zero-order valence-electron chi connectivity index (χ0n) is 9.96. The molecule has 17 heavy (non-hydrogen) atoms. The molecule has 0 atom stereocenters.